The van der Waals surface area contributed by atoms with E-state index in [2.05, 4.69) is 9.46 Å². The van der Waals surface area contributed by atoms with E-state index in [4.69, 9.17) is 17.3 Å². The second-order valence-electron chi connectivity index (χ2n) is 4.93. The lowest BCUT2D eigenvalue weighted by molar-refractivity contribution is 0.0596. The quantitative estimate of drug-likeness (QED) is 0.761. The Morgan fingerprint density at radius 2 is 2.19 bits per heavy atom. The first-order valence-corrected chi connectivity index (χ1v) is 8.35. The van der Waals surface area contributed by atoms with Gasteiger partial charge in [0.1, 0.15) is 0 Å². The van der Waals surface area contributed by atoms with Gasteiger partial charge in [-0.25, -0.2) is 17.9 Å². The lowest BCUT2D eigenvalue weighted by Gasteiger charge is -2.17. The summed E-state index contributed by atoms with van der Waals surface area (Å²) in [6.45, 7) is 0.213. The number of rotatable bonds is 6. The van der Waals surface area contributed by atoms with Gasteiger partial charge in [-0.05, 0) is 37.0 Å². The summed E-state index contributed by atoms with van der Waals surface area (Å²) < 4.78 is 32.1. The average molecular weight is 333 g/mol. The molecule has 0 saturated heterocycles. The van der Waals surface area contributed by atoms with Crippen LogP contribution in [0.2, 0.25) is 5.02 Å². The maximum atomic E-state index is 12.5. The summed E-state index contributed by atoms with van der Waals surface area (Å²) in [6.07, 6.45) is 1.91. The highest BCUT2D eigenvalue weighted by Crippen LogP contribution is 2.33. The largest absolute Gasteiger partial charge is 0.465 e. The van der Waals surface area contributed by atoms with Crippen molar-refractivity contribution in [1.29, 1.82) is 0 Å². The highest BCUT2D eigenvalue weighted by molar-refractivity contribution is 7.89. The van der Waals surface area contributed by atoms with E-state index in [0.29, 0.717) is 0 Å². The number of esters is 1. The van der Waals surface area contributed by atoms with Crippen molar-refractivity contribution < 1.29 is 17.9 Å². The number of methoxy groups -OCH3 is 1. The summed E-state index contributed by atoms with van der Waals surface area (Å²) in [4.78, 5) is 11.6. The number of nitrogens with one attached hydrogen (secondary N) is 1. The predicted molar refractivity (Wildman–Crippen MR) is 78.7 cm³/mol. The van der Waals surface area contributed by atoms with Crippen LogP contribution in [0.25, 0.3) is 0 Å². The zero-order chi connectivity index (χ0) is 15.6. The minimum absolute atomic E-state index is 0.0935. The van der Waals surface area contributed by atoms with Crippen LogP contribution in [0.15, 0.2) is 23.1 Å². The van der Waals surface area contributed by atoms with Gasteiger partial charge in [0.25, 0.3) is 0 Å². The van der Waals surface area contributed by atoms with Gasteiger partial charge >= 0.3 is 5.97 Å². The van der Waals surface area contributed by atoms with Gasteiger partial charge in [-0.2, -0.15) is 0 Å². The molecular formula is C13H17ClN2O4S. The van der Waals surface area contributed by atoms with Gasteiger partial charge in [-0.1, -0.05) is 11.6 Å². The first-order valence-electron chi connectivity index (χ1n) is 6.49. The fourth-order valence-corrected chi connectivity index (χ4v) is 3.77. The summed E-state index contributed by atoms with van der Waals surface area (Å²) in [5.41, 5.74) is 5.51. The zero-order valence-electron chi connectivity index (χ0n) is 11.5. The van der Waals surface area contributed by atoms with Crippen LogP contribution in [0.3, 0.4) is 0 Å². The number of carbonyl (C=O) groups is 1. The monoisotopic (exact) mass is 332 g/mol. The zero-order valence-corrected chi connectivity index (χ0v) is 13.1. The Bertz CT molecular complexity index is 644. The van der Waals surface area contributed by atoms with Crippen molar-refractivity contribution >= 4 is 27.6 Å². The summed E-state index contributed by atoms with van der Waals surface area (Å²) in [7, 11) is -2.69. The highest BCUT2D eigenvalue weighted by Gasteiger charge is 2.34. The average Bonchev–Trinajstić information content (AvgIpc) is 3.28. The molecule has 1 saturated carbocycles. The fourth-order valence-electron chi connectivity index (χ4n) is 2.10. The van der Waals surface area contributed by atoms with Crippen molar-refractivity contribution in [2.45, 2.75) is 23.8 Å². The summed E-state index contributed by atoms with van der Waals surface area (Å²) in [5, 5.41) is 0.256. The smallest absolute Gasteiger partial charge is 0.339 e. The van der Waals surface area contributed by atoms with Gasteiger partial charge in [0.15, 0.2) is 0 Å². The molecule has 0 aromatic heterocycles. The van der Waals surface area contributed by atoms with E-state index < -0.39 is 16.0 Å². The third-order valence-corrected chi connectivity index (χ3v) is 5.17. The third-order valence-electron chi connectivity index (χ3n) is 3.39. The molecule has 0 heterocycles. The molecular weight excluding hydrogens is 316 g/mol. The molecule has 1 aromatic carbocycles. The van der Waals surface area contributed by atoms with Crippen molar-refractivity contribution in [3.05, 3.63) is 28.8 Å². The molecule has 8 heteroatoms. The third kappa shape index (κ3) is 3.74. The Morgan fingerprint density at radius 1 is 1.52 bits per heavy atom. The first-order chi connectivity index (χ1) is 9.89. The number of nitrogens with two attached hydrogens (primary N) is 1. The molecule has 1 aliphatic rings. The van der Waals surface area contributed by atoms with E-state index in [9.17, 15) is 13.2 Å². The molecule has 1 aliphatic carbocycles. The molecule has 1 unspecified atom stereocenters. The molecule has 6 nitrogen and oxygen atoms in total. The number of benzene rings is 1. The number of sulfonamides is 1. The fraction of sp³-hybridized carbons (Fsp3) is 0.462. The van der Waals surface area contributed by atoms with E-state index >= 15 is 0 Å². The highest BCUT2D eigenvalue weighted by atomic mass is 35.5. The Morgan fingerprint density at radius 3 is 2.71 bits per heavy atom. The van der Waals surface area contributed by atoms with Crippen molar-refractivity contribution in [2.24, 2.45) is 11.7 Å². The Labute approximate surface area is 128 Å². The van der Waals surface area contributed by atoms with E-state index in [-0.39, 0.29) is 34.0 Å². The first kappa shape index (κ1) is 16.2. The minimum atomic E-state index is -3.87. The number of carbonyl (C=O) groups excluding carboxylic acids is 1. The van der Waals surface area contributed by atoms with Gasteiger partial charge in [0.2, 0.25) is 10.0 Å². The molecule has 2 rings (SSSR count). The SMILES string of the molecule is COC(=O)c1cc(Cl)ccc1S(=O)(=O)NC(CN)C1CC1. The van der Waals surface area contributed by atoms with Gasteiger partial charge in [0.05, 0.1) is 17.6 Å². The van der Waals surface area contributed by atoms with Crippen LogP contribution in [0, 0.1) is 5.92 Å². The summed E-state index contributed by atoms with van der Waals surface area (Å²) in [5.74, 6) is -0.493. The minimum Gasteiger partial charge on any atom is -0.465 e. The molecule has 1 atom stereocenters. The van der Waals surface area contributed by atoms with Gasteiger partial charge in [-0.15, -0.1) is 0 Å². The van der Waals surface area contributed by atoms with Crippen LogP contribution in [-0.4, -0.2) is 34.1 Å². The van der Waals surface area contributed by atoms with Gasteiger partial charge in [0, 0.05) is 17.6 Å². The van der Waals surface area contributed by atoms with Crippen molar-refractivity contribution in [3.63, 3.8) is 0 Å². The molecule has 1 fully saturated rings. The van der Waals surface area contributed by atoms with E-state index in [0.717, 1.165) is 12.8 Å². The maximum absolute atomic E-state index is 12.5. The van der Waals surface area contributed by atoms with Gasteiger partial charge < -0.3 is 10.5 Å². The van der Waals surface area contributed by atoms with Crippen LogP contribution >= 0.6 is 11.6 Å². The lowest BCUT2D eigenvalue weighted by atomic mass is 10.2. The molecule has 0 amide bonds. The van der Waals surface area contributed by atoms with Crippen LogP contribution in [0.4, 0.5) is 0 Å². The second kappa shape index (κ2) is 6.31. The summed E-state index contributed by atoms with van der Waals surface area (Å²) >= 11 is 5.82. The van der Waals surface area contributed by atoms with Crippen LogP contribution in [-0.2, 0) is 14.8 Å². The van der Waals surface area contributed by atoms with E-state index in [1.807, 2.05) is 0 Å². The lowest BCUT2D eigenvalue weighted by Crippen LogP contribution is -2.42. The molecule has 21 heavy (non-hydrogen) atoms. The number of hydrogen-bond donors (Lipinski definition) is 2. The Kier molecular flexibility index (Phi) is 4.88. The van der Waals surface area contributed by atoms with E-state index in [1.54, 1.807) is 0 Å². The molecule has 3 N–H and O–H groups in total. The Hall–Kier alpha value is -1.15. The van der Waals surface area contributed by atoms with Crippen LogP contribution in [0.1, 0.15) is 23.2 Å². The number of halogens is 1. The molecule has 1 aromatic rings. The van der Waals surface area contributed by atoms with Crippen molar-refractivity contribution in [1.82, 2.24) is 4.72 Å². The Balaban J connectivity index is 2.37. The molecule has 0 spiro atoms. The second-order valence-corrected chi connectivity index (χ2v) is 7.05. The molecule has 0 radical (unpaired) electrons. The maximum Gasteiger partial charge on any atom is 0.339 e. The molecule has 0 aliphatic heterocycles. The van der Waals surface area contributed by atoms with Crippen LogP contribution in [0.5, 0.6) is 0 Å². The molecule has 0 bridgehead atoms. The molecule has 116 valence electrons. The van der Waals surface area contributed by atoms with Crippen LogP contribution < -0.4 is 10.5 Å². The summed E-state index contributed by atoms with van der Waals surface area (Å²) in [6, 6.07) is 3.65. The number of ether oxygens (including phenoxy) is 1. The van der Waals surface area contributed by atoms with Crippen molar-refractivity contribution in [2.75, 3.05) is 13.7 Å². The number of hydrogen-bond acceptors (Lipinski definition) is 5. The van der Waals surface area contributed by atoms with E-state index in [1.165, 1.54) is 25.3 Å². The predicted octanol–water partition coefficient (Wildman–Crippen LogP) is 1.14. The van der Waals surface area contributed by atoms with Gasteiger partial charge in [-0.3, -0.25) is 0 Å². The van der Waals surface area contributed by atoms with Crippen molar-refractivity contribution in [3.8, 4) is 0 Å². The normalized spacial score (nSPS) is 16.5. The standard InChI is InChI=1S/C13H17ClN2O4S/c1-20-13(17)10-6-9(14)4-5-12(10)21(18,19)16-11(7-15)8-2-3-8/h4-6,8,11,16H,2-3,7,15H2,1H3. The topological polar surface area (TPSA) is 98.5 Å².